The fourth-order valence-corrected chi connectivity index (χ4v) is 1.99. The summed E-state index contributed by atoms with van der Waals surface area (Å²) >= 11 is 0. The summed E-state index contributed by atoms with van der Waals surface area (Å²) in [6.45, 7) is 4.31. The zero-order valence-electron chi connectivity index (χ0n) is 10.6. The number of carbonyl (C=O) groups is 2. The highest BCUT2D eigenvalue weighted by molar-refractivity contribution is 5.77. The Morgan fingerprint density at radius 3 is 2.47 bits per heavy atom. The van der Waals surface area contributed by atoms with Gasteiger partial charge >= 0.3 is 5.97 Å². The maximum atomic E-state index is 11.7. The molecule has 0 N–H and O–H groups in total. The molecule has 0 bridgehead atoms. The van der Waals surface area contributed by atoms with E-state index in [-0.39, 0.29) is 17.8 Å². The Bertz CT molecular complexity index is 259. The van der Waals surface area contributed by atoms with Gasteiger partial charge in [-0.15, -0.1) is 0 Å². The van der Waals surface area contributed by atoms with E-state index in [0.29, 0.717) is 45.6 Å². The van der Waals surface area contributed by atoms with Crippen LogP contribution in [0.2, 0.25) is 0 Å². The summed E-state index contributed by atoms with van der Waals surface area (Å²) in [5, 5.41) is 0. The standard InChI is InChI=1S/C12H21NO4/c1-3-17-9-6-11(14)13-7-4-10(5-8-13)12(15)16-2/h10H,3-9H2,1-2H3. The Balaban J connectivity index is 2.26. The number of carbonyl (C=O) groups excluding carboxylic acids is 2. The van der Waals surface area contributed by atoms with Crippen molar-refractivity contribution in [1.29, 1.82) is 0 Å². The van der Waals surface area contributed by atoms with Crippen molar-refractivity contribution < 1.29 is 19.1 Å². The second-order valence-corrected chi connectivity index (χ2v) is 4.13. The second kappa shape index (κ2) is 7.27. The van der Waals surface area contributed by atoms with Gasteiger partial charge in [0.1, 0.15) is 0 Å². The minimum absolute atomic E-state index is 0.0454. The molecule has 0 aliphatic carbocycles. The summed E-state index contributed by atoms with van der Waals surface area (Å²) in [7, 11) is 1.40. The lowest BCUT2D eigenvalue weighted by atomic mass is 9.97. The number of amides is 1. The number of ether oxygens (including phenoxy) is 2. The fraction of sp³-hybridized carbons (Fsp3) is 0.833. The molecule has 0 radical (unpaired) electrons. The number of esters is 1. The Kier molecular flexibility index (Phi) is 5.97. The molecule has 0 aromatic carbocycles. The van der Waals surface area contributed by atoms with Crippen molar-refractivity contribution in [2.45, 2.75) is 26.2 Å². The number of hydrogen-bond acceptors (Lipinski definition) is 4. The highest BCUT2D eigenvalue weighted by Crippen LogP contribution is 2.18. The molecule has 1 aliphatic heterocycles. The van der Waals surface area contributed by atoms with Crippen LogP contribution in [0.25, 0.3) is 0 Å². The molecular formula is C12H21NO4. The normalized spacial score (nSPS) is 16.9. The van der Waals surface area contributed by atoms with E-state index >= 15 is 0 Å². The predicted octanol–water partition coefficient (Wildman–Crippen LogP) is 0.825. The minimum atomic E-state index is -0.161. The van der Waals surface area contributed by atoms with E-state index in [2.05, 4.69) is 0 Å². The molecular weight excluding hydrogens is 222 g/mol. The summed E-state index contributed by atoms with van der Waals surface area (Å²) in [5.74, 6) is -0.0934. The van der Waals surface area contributed by atoms with Crippen molar-refractivity contribution in [3.8, 4) is 0 Å². The molecule has 0 unspecified atom stereocenters. The number of methoxy groups -OCH3 is 1. The maximum Gasteiger partial charge on any atom is 0.308 e. The van der Waals surface area contributed by atoms with E-state index in [0.717, 1.165) is 0 Å². The molecule has 98 valence electrons. The summed E-state index contributed by atoms with van der Waals surface area (Å²) in [5.41, 5.74) is 0. The van der Waals surface area contributed by atoms with E-state index in [9.17, 15) is 9.59 Å². The van der Waals surface area contributed by atoms with E-state index in [1.807, 2.05) is 6.92 Å². The van der Waals surface area contributed by atoms with Gasteiger partial charge in [-0.3, -0.25) is 9.59 Å². The molecule has 0 saturated carbocycles. The molecule has 0 atom stereocenters. The first-order valence-electron chi connectivity index (χ1n) is 6.12. The molecule has 5 nitrogen and oxygen atoms in total. The van der Waals surface area contributed by atoms with Crippen LogP contribution in [-0.4, -0.2) is 50.2 Å². The van der Waals surface area contributed by atoms with Crippen LogP contribution in [0.4, 0.5) is 0 Å². The highest BCUT2D eigenvalue weighted by Gasteiger charge is 2.27. The van der Waals surface area contributed by atoms with Crippen molar-refractivity contribution in [2.24, 2.45) is 5.92 Å². The SMILES string of the molecule is CCOCCC(=O)N1CCC(C(=O)OC)CC1. The molecule has 5 heteroatoms. The molecule has 1 rings (SSSR count). The Hall–Kier alpha value is -1.10. The third-order valence-corrected chi connectivity index (χ3v) is 3.05. The average molecular weight is 243 g/mol. The quantitative estimate of drug-likeness (QED) is 0.530. The molecule has 1 amide bonds. The lowest BCUT2D eigenvalue weighted by Crippen LogP contribution is -2.40. The van der Waals surface area contributed by atoms with Gasteiger partial charge in [-0.1, -0.05) is 0 Å². The van der Waals surface area contributed by atoms with Crippen molar-refractivity contribution in [3.63, 3.8) is 0 Å². The number of nitrogens with zero attached hydrogens (tertiary/aromatic N) is 1. The Morgan fingerprint density at radius 2 is 1.94 bits per heavy atom. The second-order valence-electron chi connectivity index (χ2n) is 4.13. The Labute approximate surface area is 102 Å². The zero-order valence-corrected chi connectivity index (χ0v) is 10.6. The maximum absolute atomic E-state index is 11.7. The van der Waals surface area contributed by atoms with E-state index < -0.39 is 0 Å². The highest BCUT2D eigenvalue weighted by atomic mass is 16.5. The number of likely N-dealkylation sites (tertiary alicyclic amines) is 1. The monoisotopic (exact) mass is 243 g/mol. The van der Waals surface area contributed by atoms with Crippen LogP contribution in [-0.2, 0) is 19.1 Å². The van der Waals surface area contributed by atoms with Gasteiger partial charge < -0.3 is 14.4 Å². The summed E-state index contributed by atoms with van der Waals surface area (Å²) in [4.78, 5) is 24.9. The van der Waals surface area contributed by atoms with Gasteiger partial charge in [0.2, 0.25) is 5.91 Å². The van der Waals surface area contributed by atoms with E-state index in [1.54, 1.807) is 4.90 Å². The topological polar surface area (TPSA) is 55.8 Å². The van der Waals surface area contributed by atoms with Crippen molar-refractivity contribution >= 4 is 11.9 Å². The van der Waals surface area contributed by atoms with Crippen molar-refractivity contribution in [3.05, 3.63) is 0 Å². The van der Waals surface area contributed by atoms with Crippen LogP contribution in [0.5, 0.6) is 0 Å². The van der Waals surface area contributed by atoms with E-state index in [1.165, 1.54) is 7.11 Å². The first-order valence-corrected chi connectivity index (χ1v) is 6.12. The van der Waals surface area contributed by atoms with Crippen molar-refractivity contribution in [1.82, 2.24) is 4.90 Å². The molecule has 1 fully saturated rings. The molecule has 0 aromatic heterocycles. The average Bonchev–Trinajstić information content (AvgIpc) is 2.38. The molecule has 1 aliphatic rings. The minimum Gasteiger partial charge on any atom is -0.469 e. The van der Waals surface area contributed by atoms with Crippen LogP contribution in [0.3, 0.4) is 0 Å². The van der Waals surface area contributed by atoms with Gasteiger partial charge in [0.25, 0.3) is 0 Å². The molecule has 1 saturated heterocycles. The molecule has 1 heterocycles. The predicted molar refractivity (Wildman–Crippen MR) is 62.4 cm³/mol. The van der Waals surface area contributed by atoms with Gasteiger partial charge in [-0.2, -0.15) is 0 Å². The lowest BCUT2D eigenvalue weighted by Gasteiger charge is -2.30. The van der Waals surface area contributed by atoms with E-state index in [4.69, 9.17) is 9.47 Å². The zero-order chi connectivity index (χ0) is 12.7. The smallest absolute Gasteiger partial charge is 0.308 e. The van der Waals surface area contributed by atoms with Crippen LogP contribution in [0.15, 0.2) is 0 Å². The van der Waals surface area contributed by atoms with Crippen LogP contribution < -0.4 is 0 Å². The molecule has 0 aromatic rings. The number of piperidine rings is 1. The summed E-state index contributed by atoms with van der Waals surface area (Å²) < 4.78 is 9.85. The van der Waals surface area contributed by atoms with Crippen LogP contribution in [0, 0.1) is 5.92 Å². The third-order valence-electron chi connectivity index (χ3n) is 3.05. The summed E-state index contributed by atoms with van der Waals surface area (Å²) in [6, 6.07) is 0. The van der Waals surface area contributed by atoms with Gasteiger partial charge in [0.05, 0.1) is 26.1 Å². The summed E-state index contributed by atoms with van der Waals surface area (Å²) in [6.07, 6.45) is 1.83. The van der Waals surface area contributed by atoms with Crippen molar-refractivity contribution in [2.75, 3.05) is 33.4 Å². The van der Waals surface area contributed by atoms with Gasteiger partial charge in [0, 0.05) is 19.7 Å². The van der Waals surface area contributed by atoms with Crippen LogP contribution in [0.1, 0.15) is 26.2 Å². The molecule has 0 spiro atoms. The third kappa shape index (κ3) is 4.34. The van der Waals surface area contributed by atoms with Gasteiger partial charge in [-0.05, 0) is 19.8 Å². The first-order chi connectivity index (χ1) is 8.19. The lowest BCUT2D eigenvalue weighted by molar-refractivity contribution is -0.149. The first kappa shape index (κ1) is 14.0. The largest absolute Gasteiger partial charge is 0.469 e. The van der Waals surface area contributed by atoms with Gasteiger partial charge in [0.15, 0.2) is 0 Å². The number of rotatable bonds is 5. The van der Waals surface area contributed by atoms with Crippen LogP contribution >= 0.6 is 0 Å². The number of hydrogen-bond donors (Lipinski definition) is 0. The Morgan fingerprint density at radius 1 is 1.29 bits per heavy atom. The fourth-order valence-electron chi connectivity index (χ4n) is 1.99. The molecule has 17 heavy (non-hydrogen) atoms. The van der Waals surface area contributed by atoms with Gasteiger partial charge in [-0.25, -0.2) is 0 Å².